The molecule has 0 aromatic heterocycles. The number of halogens is 1. The number of sulfonamides is 1. The van der Waals surface area contributed by atoms with Gasteiger partial charge in [0, 0.05) is 17.6 Å². The van der Waals surface area contributed by atoms with Crippen LogP contribution in [-0.4, -0.2) is 26.9 Å². The van der Waals surface area contributed by atoms with Gasteiger partial charge in [-0.1, -0.05) is 24.3 Å². The third-order valence-electron chi connectivity index (χ3n) is 4.43. The van der Waals surface area contributed by atoms with Gasteiger partial charge in [0.25, 0.3) is 10.0 Å². The molecule has 1 saturated heterocycles. The third-order valence-corrected chi connectivity index (χ3v) is 5.83. The molecule has 27 heavy (non-hydrogen) atoms. The summed E-state index contributed by atoms with van der Waals surface area (Å²) in [5.41, 5.74) is 0.986. The summed E-state index contributed by atoms with van der Waals surface area (Å²) >= 11 is 0. The highest BCUT2D eigenvalue weighted by Crippen LogP contribution is 2.22. The van der Waals surface area contributed by atoms with E-state index >= 15 is 0 Å². The minimum absolute atomic E-state index is 0. The van der Waals surface area contributed by atoms with Crippen LogP contribution in [0.4, 0.5) is 11.4 Å². The Morgan fingerprint density at radius 1 is 1.07 bits per heavy atom. The predicted octanol–water partition coefficient (Wildman–Crippen LogP) is 3.24. The summed E-state index contributed by atoms with van der Waals surface area (Å²) in [7, 11) is -3.66. The summed E-state index contributed by atoms with van der Waals surface area (Å²) in [6.45, 7) is 2.90. The number of carbonyl (C=O) groups is 1. The molecule has 1 heterocycles. The fourth-order valence-electron chi connectivity index (χ4n) is 3.09. The van der Waals surface area contributed by atoms with E-state index in [9.17, 15) is 13.2 Å². The molecule has 0 aliphatic carbocycles. The van der Waals surface area contributed by atoms with Crippen molar-refractivity contribution in [2.24, 2.45) is 5.92 Å². The minimum Gasteiger partial charge on any atom is -0.326 e. The molecule has 0 spiro atoms. The SMILES string of the molecule is C[C@H]1C[C@@H](C(=O)Nc2cccc(NS(=O)(=O)c3ccccc3)c2)CCN1.Cl. The van der Waals surface area contributed by atoms with E-state index in [1.165, 1.54) is 12.1 Å². The molecule has 2 aromatic rings. The van der Waals surface area contributed by atoms with Crippen molar-refractivity contribution in [1.82, 2.24) is 5.32 Å². The molecule has 0 radical (unpaired) electrons. The van der Waals surface area contributed by atoms with Crippen molar-refractivity contribution >= 4 is 39.7 Å². The number of rotatable bonds is 5. The third kappa shape index (κ3) is 5.69. The second kappa shape index (κ2) is 9.21. The van der Waals surface area contributed by atoms with Crippen LogP contribution in [0.1, 0.15) is 19.8 Å². The summed E-state index contributed by atoms with van der Waals surface area (Å²) in [5.74, 6) is -0.0580. The molecular weight excluding hydrogens is 386 g/mol. The normalized spacial score (nSPS) is 19.6. The molecule has 1 amide bonds. The number of hydrogen-bond acceptors (Lipinski definition) is 4. The highest BCUT2D eigenvalue weighted by Gasteiger charge is 2.24. The van der Waals surface area contributed by atoms with Gasteiger partial charge >= 0.3 is 0 Å². The molecule has 6 nitrogen and oxygen atoms in total. The number of piperidine rings is 1. The van der Waals surface area contributed by atoms with E-state index in [0.717, 1.165) is 19.4 Å². The second-order valence-electron chi connectivity index (χ2n) is 6.57. The van der Waals surface area contributed by atoms with E-state index in [-0.39, 0.29) is 29.1 Å². The van der Waals surface area contributed by atoms with Crippen molar-refractivity contribution in [2.75, 3.05) is 16.6 Å². The monoisotopic (exact) mass is 409 g/mol. The van der Waals surface area contributed by atoms with Gasteiger partial charge in [-0.2, -0.15) is 0 Å². The van der Waals surface area contributed by atoms with Gasteiger partial charge in [0.2, 0.25) is 5.91 Å². The smallest absolute Gasteiger partial charge is 0.261 e. The molecule has 1 aliphatic heterocycles. The average molecular weight is 410 g/mol. The number of hydrogen-bond donors (Lipinski definition) is 3. The molecule has 2 aromatic carbocycles. The molecule has 0 unspecified atom stereocenters. The second-order valence-corrected chi connectivity index (χ2v) is 8.25. The Balaban J connectivity index is 0.00000261. The Labute approximate surface area is 166 Å². The quantitative estimate of drug-likeness (QED) is 0.707. The molecular formula is C19H24ClN3O3S. The zero-order valence-corrected chi connectivity index (χ0v) is 16.6. The molecule has 0 saturated carbocycles. The molecule has 2 atom stereocenters. The molecule has 146 valence electrons. The highest BCUT2D eigenvalue weighted by atomic mass is 35.5. The van der Waals surface area contributed by atoms with E-state index in [2.05, 4.69) is 22.3 Å². The van der Waals surface area contributed by atoms with E-state index in [1.54, 1.807) is 42.5 Å². The molecule has 0 bridgehead atoms. The zero-order chi connectivity index (χ0) is 18.6. The Kier molecular flexibility index (Phi) is 7.24. The van der Waals surface area contributed by atoms with Gasteiger partial charge in [0.05, 0.1) is 10.6 Å². The van der Waals surface area contributed by atoms with Gasteiger partial charge in [0.15, 0.2) is 0 Å². The lowest BCUT2D eigenvalue weighted by Crippen LogP contribution is -2.40. The first-order valence-corrected chi connectivity index (χ1v) is 10.1. The lowest BCUT2D eigenvalue weighted by molar-refractivity contribution is -0.120. The molecule has 3 rings (SSSR count). The fourth-order valence-corrected chi connectivity index (χ4v) is 4.16. The maximum absolute atomic E-state index is 12.5. The molecule has 1 aliphatic rings. The summed E-state index contributed by atoms with van der Waals surface area (Å²) < 4.78 is 27.4. The summed E-state index contributed by atoms with van der Waals surface area (Å²) in [6.07, 6.45) is 1.60. The van der Waals surface area contributed by atoms with Crippen molar-refractivity contribution in [3.05, 3.63) is 54.6 Å². The van der Waals surface area contributed by atoms with Crippen molar-refractivity contribution in [2.45, 2.75) is 30.7 Å². The first kappa shape index (κ1) is 21.2. The van der Waals surface area contributed by atoms with Crippen molar-refractivity contribution in [3.8, 4) is 0 Å². The number of nitrogens with one attached hydrogen (secondary N) is 3. The highest BCUT2D eigenvalue weighted by molar-refractivity contribution is 7.92. The van der Waals surface area contributed by atoms with Crippen LogP contribution in [0, 0.1) is 5.92 Å². The van der Waals surface area contributed by atoms with Crippen LogP contribution in [0.5, 0.6) is 0 Å². The fraction of sp³-hybridized carbons (Fsp3) is 0.316. The maximum Gasteiger partial charge on any atom is 0.261 e. The molecule has 1 fully saturated rings. The Morgan fingerprint density at radius 3 is 2.48 bits per heavy atom. The van der Waals surface area contributed by atoms with Gasteiger partial charge in [0.1, 0.15) is 0 Å². The van der Waals surface area contributed by atoms with Crippen LogP contribution in [0.25, 0.3) is 0 Å². The number of amides is 1. The first-order chi connectivity index (χ1) is 12.4. The van der Waals surface area contributed by atoms with Gasteiger partial charge < -0.3 is 10.6 Å². The van der Waals surface area contributed by atoms with Crippen LogP contribution in [0.2, 0.25) is 0 Å². The Morgan fingerprint density at radius 2 is 1.78 bits per heavy atom. The summed E-state index contributed by atoms with van der Waals surface area (Å²) in [4.78, 5) is 12.6. The van der Waals surface area contributed by atoms with Crippen molar-refractivity contribution in [3.63, 3.8) is 0 Å². The van der Waals surface area contributed by atoms with Gasteiger partial charge in [-0.15, -0.1) is 12.4 Å². The lowest BCUT2D eigenvalue weighted by atomic mass is 9.92. The topological polar surface area (TPSA) is 87.3 Å². The molecule has 3 N–H and O–H groups in total. The van der Waals surface area contributed by atoms with E-state index < -0.39 is 10.0 Å². The number of carbonyl (C=O) groups excluding carboxylic acids is 1. The summed E-state index contributed by atoms with van der Waals surface area (Å²) in [5, 5.41) is 6.22. The predicted molar refractivity (Wildman–Crippen MR) is 110 cm³/mol. The average Bonchev–Trinajstić information content (AvgIpc) is 2.62. The van der Waals surface area contributed by atoms with Crippen LogP contribution < -0.4 is 15.4 Å². The summed E-state index contributed by atoms with van der Waals surface area (Å²) in [6, 6.07) is 15.2. The van der Waals surface area contributed by atoms with Gasteiger partial charge in [-0.3, -0.25) is 9.52 Å². The van der Waals surface area contributed by atoms with Crippen molar-refractivity contribution in [1.29, 1.82) is 0 Å². The van der Waals surface area contributed by atoms with Gasteiger partial charge in [-0.05, 0) is 56.6 Å². The molecule has 8 heteroatoms. The Bertz CT molecular complexity index is 875. The standard InChI is InChI=1S/C19H23N3O3S.ClH/c1-14-12-15(10-11-20-14)19(23)21-16-6-5-7-17(13-16)22-26(24,25)18-8-3-2-4-9-18;/h2-9,13-15,20,22H,10-12H2,1H3,(H,21,23);1H/t14-,15-;/m0./s1. The van der Waals surface area contributed by atoms with Gasteiger partial charge in [-0.25, -0.2) is 8.42 Å². The Hall–Kier alpha value is -2.09. The lowest BCUT2D eigenvalue weighted by Gasteiger charge is -2.27. The van der Waals surface area contributed by atoms with Crippen LogP contribution in [-0.2, 0) is 14.8 Å². The van der Waals surface area contributed by atoms with Crippen LogP contribution in [0.3, 0.4) is 0 Å². The maximum atomic E-state index is 12.5. The van der Waals surface area contributed by atoms with Crippen LogP contribution in [0.15, 0.2) is 59.5 Å². The van der Waals surface area contributed by atoms with Crippen LogP contribution >= 0.6 is 12.4 Å². The number of anilines is 2. The van der Waals surface area contributed by atoms with Crippen molar-refractivity contribution < 1.29 is 13.2 Å². The first-order valence-electron chi connectivity index (χ1n) is 8.66. The van der Waals surface area contributed by atoms with E-state index in [1.807, 2.05) is 0 Å². The van der Waals surface area contributed by atoms with E-state index in [0.29, 0.717) is 17.4 Å². The number of benzene rings is 2. The minimum atomic E-state index is -3.66. The van der Waals surface area contributed by atoms with E-state index in [4.69, 9.17) is 0 Å². The largest absolute Gasteiger partial charge is 0.326 e. The zero-order valence-electron chi connectivity index (χ0n) is 15.0.